The molecule has 0 radical (unpaired) electrons. The van der Waals surface area contributed by atoms with Gasteiger partial charge in [-0.2, -0.15) is 0 Å². The van der Waals surface area contributed by atoms with E-state index in [1.54, 1.807) is 6.20 Å². The Balaban J connectivity index is 1.67. The number of aliphatic hydroxyl groups is 1. The highest BCUT2D eigenvalue weighted by molar-refractivity contribution is 6.30. The number of rotatable bonds is 1. The summed E-state index contributed by atoms with van der Waals surface area (Å²) in [6.45, 7) is 0. The molecule has 1 aromatic heterocycles. The fraction of sp³-hybridized carbons (Fsp3) is 0.353. The predicted octanol–water partition coefficient (Wildman–Crippen LogP) is 3.43. The maximum absolute atomic E-state index is 10.6. The van der Waals surface area contributed by atoms with Gasteiger partial charge < -0.3 is 9.67 Å². The van der Waals surface area contributed by atoms with Crippen LogP contribution in [0.25, 0.3) is 0 Å². The Morgan fingerprint density at radius 2 is 2.14 bits per heavy atom. The first kappa shape index (κ1) is 14.2. The molecule has 0 spiro atoms. The van der Waals surface area contributed by atoms with E-state index in [-0.39, 0.29) is 0 Å². The summed E-state index contributed by atoms with van der Waals surface area (Å²) in [4.78, 5) is 4.08. The monoisotopic (exact) mass is 300 g/mol. The lowest BCUT2D eigenvalue weighted by Gasteiger charge is -2.32. The number of hydrogen-bond donors (Lipinski definition) is 1. The predicted molar refractivity (Wildman–Crippen MR) is 83.0 cm³/mol. The normalized spacial score (nSPS) is 25.1. The number of benzene rings is 1. The lowest BCUT2D eigenvalue weighted by Crippen LogP contribution is -2.33. The van der Waals surface area contributed by atoms with Crippen molar-refractivity contribution in [1.82, 2.24) is 9.55 Å². The van der Waals surface area contributed by atoms with Crippen molar-refractivity contribution in [2.75, 3.05) is 0 Å². The molecule has 0 saturated heterocycles. The molecule has 3 nitrogen and oxygen atoms in total. The Bertz CT molecular complexity index is 662. The van der Waals surface area contributed by atoms with E-state index in [0.717, 1.165) is 18.4 Å². The molecule has 21 heavy (non-hydrogen) atoms. The summed E-state index contributed by atoms with van der Waals surface area (Å²) in [5.74, 6) is 6.07. The molecule has 108 valence electrons. The molecule has 0 atom stereocenters. The van der Waals surface area contributed by atoms with Gasteiger partial charge in [-0.25, -0.2) is 4.98 Å². The molecule has 1 aliphatic carbocycles. The van der Waals surface area contributed by atoms with E-state index in [1.807, 2.05) is 36.8 Å². The Morgan fingerprint density at radius 3 is 2.81 bits per heavy atom. The number of hydrogen-bond acceptors (Lipinski definition) is 2. The molecule has 4 heteroatoms. The molecule has 1 heterocycles. The Kier molecular flexibility index (Phi) is 4.01. The Hall–Kier alpha value is -1.76. The van der Waals surface area contributed by atoms with Crippen LogP contribution in [0.5, 0.6) is 0 Å². The van der Waals surface area contributed by atoms with Crippen LogP contribution in [-0.2, 0) is 0 Å². The number of aromatic nitrogens is 2. The van der Waals surface area contributed by atoms with Crippen molar-refractivity contribution in [3.8, 4) is 11.8 Å². The third-order valence-corrected chi connectivity index (χ3v) is 4.23. The van der Waals surface area contributed by atoms with Crippen LogP contribution in [0.2, 0.25) is 5.02 Å². The quantitative estimate of drug-likeness (QED) is 0.819. The summed E-state index contributed by atoms with van der Waals surface area (Å²) in [6.07, 6.45) is 8.81. The molecule has 1 aromatic carbocycles. The van der Waals surface area contributed by atoms with Gasteiger partial charge in [0, 0.05) is 29.0 Å². The molecule has 1 saturated carbocycles. The van der Waals surface area contributed by atoms with Gasteiger partial charge in [-0.05, 0) is 43.9 Å². The second-order valence-electron chi connectivity index (χ2n) is 5.53. The first-order valence-corrected chi connectivity index (χ1v) is 7.51. The molecule has 0 bridgehead atoms. The van der Waals surface area contributed by atoms with E-state index in [4.69, 9.17) is 11.6 Å². The van der Waals surface area contributed by atoms with Gasteiger partial charge in [-0.15, -0.1) is 0 Å². The molecule has 0 aliphatic heterocycles. The molecule has 1 fully saturated rings. The fourth-order valence-corrected chi connectivity index (χ4v) is 2.93. The number of nitrogens with zero attached hydrogens (tertiary/aromatic N) is 2. The first-order chi connectivity index (χ1) is 10.1. The van der Waals surface area contributed by atoms with E-state index in [1.165, 1.54) is 0 Å². The SMILES string of the molecule is O[C@]1(C#Cc2cccc(Cl)c2)CC[C@@H](n2ccnc2)CC1. The smallest absolute Gasteiger partial charge is 0.126 e. The van der Waals surface area contributed by atoms with Gasteiger partial charge in [0.05, 0.1) is 6.33 Å². The summed E-state index contributed by atoms with van der Waals surface area (Å²) >= 11 is 5.94. The fourth-order valence-electron chi connectivity index (χ4n) is 2.74. The topological polar surface area (TPSA) is 38.0 Å². The zero-order valence-electron chi connectivity index (χ0n) is 11.7. The summed E-state index contributed by atoms with van der Waals surface area (Å²) in [5.41, 5.74) is -0.0491. The average molecular weight is 301 g/mol. The van der Waals surface area contributed by atoms with Crippen LogP contribution in [0.15, 0.2) is 43.0 Å². The highest BCUT2D eigenvalue weighted by atomic mass is 35.5. The molecular weight excluding hydrogens is 284 g/mol. The van der Waals surface area contributed by atoms with Crippen LogP contribution in [0.1, 0.15) is 37.3 Å². The van der Waals surface area contributed by atoms with Crippen LogP contribution in [0.3, 0.4) is 0 Å². The average Bonchev–Trinajstić information content (AvgIpc) is 3.01. The second-order valence-corrected chi connectivity index (χ2v) is 5.97. The van der Waals surface area contributed by atoms with Gasteiger partial charge in [0.2, 0.25) is 0 Å². The van der Waals surface area contributed by atoms with Gasteiger partial charge in [0.15, 0.2) is 0 Å². The van der Waals surface area contributed by atoms with Crippen LogP contribution in [0.4, 0.5) is 0 Å². The zero-order chi connectivity index (χ0) is 14.7. The van der Waals surface area contributed by atoms with Gasteiger partial charge in [-0.3, -0.25) is 0 Å². The molecular formula is C17H17ClN2O. The van der Waals surface area contributed by atoms with Gasteiger partial charge in [-0.1, -0.05) is 29.5 Å². The molecule has 0 unspecified atom stereocenters. The maximum Gasteiger partial charge on any atom is 0.126 e. The molecule has 0 amide bonds. The lowest BCUT2D eigenvalue weighted by molar-refractivity contribution is 0.0462. The van der Waals surface area contributed by atoms with Gasteiger partial charge >= 0.3 is 0 Å². The van der Waals surface area contributed by atoms with E-state index in [0.29, 0.717) is 23.9 Å². The van der Waals surface area contributed by atoms with E-state index < -0.39 is 5.60 Å². The van der Waals surface area contributed by atoms with Crippen molar-refractivity contribution in [3.63, 3.8) is 0 Å². The molecule has 1 N–H and O–H groups in total. The summed E-state index contributed by atoms with van der Waals surface area (Å²) < 4.78 is 2.12. The minimum Gasteiger partial charge on any atom is -0.378 e. The van der Waals surface area contributed by atoms with Crippen molar-refractivity contribution in [1.29, 1.82) is 0 Å². The van der Waals surface area contributed by atoms with Crippen LogP contribution in [0, 0.1) is 11.8 Å². The van der Waals surface area contributed by atoms with Gasteiger partial charge in [0.25, 0.3) is 0 Å². The summed E-state index contributed by atoms with van der Waals surface area (Å²) in [7, 11) is 0. The van der Waals surface area contributed by atoms with Crippen molar-refractivity contribution >= 4 is 11.6 Å². The van der Waals surface area contributed by atoms with Crippen molar-refractivity contribution in [3.05, 3.63) is 53.6 Å². The van der Waals surface area contributed by atoms with Crippen LogP contribution in [-0.4, -0.2) is 20.3 Å². The van der Waals surface area contributed by atoms with Crippen molar-refractivity contribution < 1.29 is 5.11 Å². The highest BCUT2D eigenvalue weighted by Crippen LogP contribution is 2.34. The van der Waals surface area contributed by atoms with E-state index >= 15 is 0 Å². The molecule has 1 aliphatic rings. The minimum atomic E-state index is -0.889. The largest absolute Gasteiger partial charge is 0.378 e. The first-order valence-electron chi connectivity index (χ1n) is 7.13. The molecule has 2 aromatic rings. The van der Waals surface area contributed by atoms with Crippen LogP contribution < -0.4 is 0 Å². The summed E-state index contributed by atoms with van der Waals surface area (Å²) in [5, 5.41) is 11.3. The minimum absolute atomic E-state index is 0.417. The Labute approximate surface area is 129 Å². The van der Waals surface area contributed by atoms with Crippen molar-refractivity contribution in [2.45, 2.75) is 37.3 Å². The number of halogens is 1. The zero-order valence-corrected chi connectivity index (χ0v) is 12.4. The maximum atomic E-state index is 10.6. The number of imidazole rings is 1. The second kappa shape index (κ2) is 5.93. The van der Waals surface area contributed by atoms with Crippen molar-refractivity contribution in [2.24, 2.45) is 0 Å². The third kappa shape index (κ3) is 3.47. The van der Waals surface area contributed by atoms with E-state index in [2.05, 4.69) is 21.4 Å². The van der Waals surface area contributed by atoms with Crippen LogP contribution >= 0.6 is 11.6 Å². The van der Waals surface area contributed by atoms with Gasteiger partial charge in [0.1, 0.15) is 5.60 Å². The standard InChI is InChI=1S/C17H17ClN2O/c18-15-3-1-2-14(12-15)4-7-17(21)8-5-16(6-9-17)20-11-10-19-13-20/h1-3,10-13,16,21H,5-6,8-9H2/t16-,17-. The highest BCUT2D eigenvalue weighted by Gasteiger charge is 2.32. The lowest BCUT2D eigenvalue weighted by atomic mass is 9.82. The molecule has 3 rings (SSSR count). The Morgan fingerprint density at radius 1 is 1.33 bits per heavy atom. The third-order valence-electron chi connectivity index (χ3n) is 3.99. The van der Waals surface area contributed by atoms with E-state index in [9.17, 15) is 5.11 Å². The summed E-state index contributed by atoms with van der Waals surface area (Å²) in [6, 6.07) is 7.82.